The number of para-hydroxylation sites is 1. The molecule has 2 nitrogen and oxygen atoms in total. The van der Waals surface area contributed by atoms with E-state index in [1.165, 1.54) is 6.07 Å². The van der Waals surface area contributed by atoms with Crippen LogP contribution in [0.5, 0.6) is 0 Å². The standard InChI is InChI=1S/C14H17F3N2/c1-9(2)19-11(6-7-18)8-10-4-3-5-12(13(10)19)14(15,16)17/h3-5,8-9H,6-7,18H2,1-2H3. The molecule has 1 aromatic heterocycles. The Bertz CT molecular complexity index is 582. The molecule has 0 atom stereocenters. The molecule has 2 rings (SSSR count). The highest BCUT2D eigenvalue weighted by molar-refractivity contribution is 5.85. The summed E-state index contributed by atoms with van der Waals surface area (Å²) in [6, 6.07) is 6.05. The van der Waals surface area contributed by atoms with Crippen molar-refractivity contribution in [1.82, 2.24) is 4.57 Å². The summed E-state index contributed by atoms with van der Waals surface area (Å²) in [7, 11) is 0. The number of hydrogen-bond donors (Lipinski definition) is 1. The van der Waals surface area contributed by atoms with Crippen LogP contribution in [0.3, 0.4) is 0 Å². The van der Waals surface area contributed by atoms with Crippen LogP contribution in [-0.4, -0.2) is 11.1 Å². The van der Waals surface area contributed by atoms with Crippen molar-refractivity contribution in [3.63, 3.8) is 0 Å². The van der Waals surface area contributed by atoms with E-state index in [1.54, 1.807) is 16.7 Å². The Morgan fingerprint density at radius 1 is 1.26 bits per heavy atom. The Kier molecular flexibility index (Phi) is 3.58. The van der Waals surface area contributed by atoms with Crippen molar-refractivity contribution in [3.05, 3.63) is 35.5 Å². The highest BCUT2D eigenvalue weighted by Crippen LogP contribution is 2.37. The summed E-state index contributed by atoms with van der Waals surface area (Å²) in [5.74, 6) is 0. The summed E-state index contributed by atoms with van der Waals surface area (Å²) in [6.07, 6.45) is -3.77. The third-order valence-corrected chi connectivity index (χ3v) is 3.16. The van der Waals surface area contributed by atoms with Gasteiger partial charge in [0.15, 0.2) is 0 Å². The molecular formula is C14H17F3N2. The number of hydrogen-bond acceptors (Lipinski definition) is 1. The lowest BCUT2D eigenvalue weighted by atomic mass is 10.1. The molecule has 0 fully saturated rings. The van der Waals surface area contributed by atoms with E-state index in [4.69, 9.17) is 5.73 Å². The van der Waals surface area contributed by atoms with E-state index in [9.17, 15) is 13.2 Å². The molecule has 19 heavy (non-hydrogen) atoms. The lowest BCUT2D eigenvalue weighted by Gasteiger charge is -2.17. The molecule has 0 saturated heterocycles. The molecule has 104 valence electrons. The van der Waals surface area contributed by atoms with Gasteiger partial charge >= 0.3 is 6.18 Å². The molecule has 0 aliphatic carbocycles. The Labute approximate surface area is 110 Å². The molecule has 0 unspecified atom stereocenters. The molecule has 0 radical (unpaired) electrons. The van der Waals surface area contributed by atoms with Crippen LogP contribution in [-0.2, 0) is 12.6 Å². The van der Waals surface area contributed by atoms with E-state index in [0.29, 0.717) is 18.4 Å². The lowest BCUT2D eigenvalue weighted by Crippen LogP contribution is -2.13. The number of nitrogens with two attached hydrogens (primary N) is 1. The van der Waals surface area contributed by atoms with Crippen LogP contribution in [0.25, 0.3) is 10.9 Å². The number of halogens is 3. The molecule has 0 saturated carbocycles. The second kappa shape index (κ2) is 4.89. The Hall–Kier alpha value is -1.49. The molecule has 0 aliphatic heterocycles. The Morgan fingerprint density at radius 2 is 1.95 bits per heavy atom. The monoisotopic (exact) mass is 270 g/mol. The van der Waals surface area contributed by atoms with Crippen LogP contribution in [0.1, 0.15) is 31.1 Å². The number of fused-ring (bicyclic) bond motifs is 1. The van der Waals surface area contributed by atoms with Gasteiger partial charge in [0, 0.05) is 17.1 Å². The van der Waals surface area contributed by atoms with Gasteiger partial charge in [0.25, 0.3) is 0 Å². The zero-order valence-corrected chi connectivity index (χ0v) is 11.0. The number of rotatable bonds is 3. The second-order valence-corrected chi connectivity index (χ2v) is 4.88. The van der Waals surface area contributed by atoms with Gasteiger partial charge < -0.3 is 10.3 Å². The third kappa shape index (κ3) is 2.47. The largest absolute Gasteiger partial charge is 0.418 e. The maximum absolute atomic E-state index is 13.1. The van der Waals surface area contributed by atoms with Crippen LogP contribution in [0.15, 0.2) is 24.3 Å². The van der Waals surface area contributed by atoms with Crippen molar-refractivity contribution < 1.29 is 13.2 Å². The van der Waals surface area contributed by atoms with Crippen LogP contribution in [0, 0.1) is 0 Å². The molecule has 0 bridgehead atoms. The summed E-state index contributed by atoms with van der Waals surface area (Å²) in [4.78, 5) is 0. The summed E-state index contributed by atoms with van der Waals surface area (Å²) in [6.45, 7) is 4.18. The molecule has 5 heteroatoms. The van der Waals surface area contributed by atoms with Gasteiger partial charge in [0.05, 0.1) is 11.1 Å². The van der Waals surface area contributed by atoms with Crippen molar-refractivity contribution in [2.75, 3.05) is 6.54 Å². The quantitative estimate of drug-likeness (QED) is 0.905. The highest BCUT2D eigenvalue weighted by Gasteiger charge is 2.34. The first kappa shape index (κ1) is 13.9. The zero-order chi connectivity index (χ0) is 14.2. The Balaban J connectivity index is 2.79. The van der Waals surface area contributed by atoms with Crippen molar-refractivity contribution in [3.8, 4) is 0 Å². The van der Waals surface area contributed by atoms with E-state index in [2.05, 4.69) is 0 Å². The van der Waals surface area contributed by atoms with Gasteiger partial charge in [0.1, 0.15) is 0 Å². The minimum absolute atomic E-state index is 0.0393. The summed E-state index contributed by atoms with van der Waals surface area (Å²) >= 11 is 0. The summed E-state index contributed by atoms with van der Waals surface area (Å²) < 4.78 is 41.1. The fraction of sp³-hybridized carbons (Fsp3) is 0.429. The molecule has 0 amide bonds. The molecule has 1 heterocycles. The van der Waals surface area contributed by atoms with Gasteiger partial charge in [-0.25, -0.2) is 0 Å². The first-order valence-electron chi connectivity index (χ1n) is 6.26. The average Bonchev–Trinajstić information content (AvgIpc) is 2.65. The van der Waals surface area contributed by atoms with Gasteiger partial charge in [-0.15, -0.1) is 0 Å². The number of nitrogens with zero attached hydrogens (tertiary/aromatic N) is 1. The molecule has 0 aliphatic rings. The minimum Gasteiger partial charge on any atom is -0.342 e. The number of alkyl halides is 3. The second-order valence-electron chi connectivity index (χ2n) is 4.88. The van der Waals surface area contributed by atoms with Crippen molar-refractivity contribution in [2.45, 2.75) is 32.5 Å². The fourth-order valence-electron chi connectivity index (χ4n) is 2.50. The molecular weight excluding hydrogens is 253 g/mol. The predicted octanol–water partition coefficient (Wildman–Crippen LogP) is 3.74. The van der Waals surface area contributed by atoms with E-state index in [1.807, 2.05) is 13.8 Å². The van der Waals surface area contributed by atoms with Gasteiger partial charge in [-0.1, -0.05) is 12.1 Å². The van der Waals surface area contributed by atoms with Gasteiger partial charge in [-0.3, -0.25) is 0 Å². The first-order chi connectivity index (χ1) is 8.86. The topological polar surface area (TPSA) is 30.9 Å². The molecule has 0 spiro atoms. The van der Waals surface area contributed by atoms with Gasteiger partial charge in [0.2, 0.25) is 0 Å². The van der Waals surface area contributed by atoms with E-state index >= 15 is 0 Å². The highest BCUT2D eigenvalue weighted by atomic mass is 19.4. The zero-order valence-electron chi connectivity index (χ0n) is 11.0. The van der Waals surface area contributed by atoms with Crippen LogP contribution < -0.4 is 5.73 Å². The van der Waals surface area contributed by atoms with Crippen molar-refractivity contribution in [2.24, 2.45) is 5.73 Å². The normalized spacial score (nSPS) is 12.6. The molecule has 2 N–H and O–H groups in total. The van der Waals surface area contributed by atoms with Crippen molar-refractivity contribution >= 4 is 10.9 Å². The fourth-order valence-corrected chi connectivity index (χ4v) is 2.50. The maximum Gasteiger partial charge on any atom is 0.418 e. The minimum atomic E-state index is -4.34. The number of aromatic nitrogens is 1. The molecule has 2 aromatic rings. The van der Waals surface area contributed by atoms with E-state index in [-0.39, 0.29) is 11.6 Å². The van der Waals surface area contributed by atoms with Gasteiger partial charge in [-0.05, 0) is 38.9 Å². The average molecular weight is 270 g/mol. The summed E-state index contributed by atoms with van der Waals surface area (Å²) in [5, 5.41) is 0.618. The Morgan fingerprint density at radius 3 is 2.47 bits per heavy atom. The third-order valence-electron chi connectivity index (χ3n) is 3.16. The SMILES string of the molecule is CC(C)n1c(CCN)cc2cccc(C(F)(F)F)c21. The van der Waals surface area contributed by atoms with Crippen LogP contribution in [0.2, 0.25) is 0 Å². The molecule has 1 aromatic carbocycles. The lowest BCUT2D eigenvalue weighted by molar-refractivity contribution is -0.136. The summed E-state index contributed by atoms with van der Waals surface area (Å²) in [5.41, 5.74) is 6.07. The van der Waals surface area contributed by atoms with Crippen molar-refractivity contribution in [1.29, 1.82) is 0 Å². The van der Waals surface area contributed by atoms with Crippen LogP contribution in [0.4, 0.5) is 13.2 Å². The van der Waals surface area contributed by atoms with E-state index in [0.717, 1.165) is 11.8 Å². The van der Waals surface area contributed by atoms with Crippen LogP contribution >= 0.6 is 0 Å². The predicted molar refractivity (Wildman–Crippen MR) is 70.1 cm³/mol. The van der Waals surface area contributed by atoms with E-state index < -0.39 is 11.7 Å². The smallest absolute Gasteiger partial charge is 0.342 e. The first-order valence-corrected chi connectivity index (χ1v) is 6.26. The number of benzene rings is 1. The van der Waals surface area contributed by atoms with Gasteiger partial charge in [-0.2, -0.15) is 13.2 Å². The maximum atomic E-state index is 13.1.